The lowest BCUT2D eigenvalue weighted by atomic mass is 9.96. The molecule has 11 rings (SSSR count). The zero-order valence-corrected chi connectivity index (χ0v) is 29.1. The fourth-order valence-corrected chi connectivity index (χ4v) is 8.07. The van der Waals surface area contributed by atoms with Gasteiger partial charge < -0.3 is 4.42 Å². The summed E-state index contributed by atoms with van der Waals surface area (Å²) >= 11 is 0. The van der Waals surface area contributed by atoms with Crippen LogP contribution < -0.4 is 0 Å². The lowest BCUT2D eigenvalue weighted by Crippen LogP contribution is -2.04. The standard InChI is InChI=1S/C50H31N3O/c1-3-13-32(14-4-1)35-26-28-45-43(30-35)41-22-12-21-38(37-18-11-17-34(29-37)36-25-27-40-39-19-8-10-24-46(39)54-47(40)31-36)49(41)53(45)50-51-44-23-9-7-20-42(44)48(52-50)33-15-5-2-6-16-33/h1-31H. The van der Waals surface area contributed by atoms with Crippen LogP contribution >= 0.6 is 0 Å². The first-order valence-electron chi connectivity index (χ1n) is 18.2. The van der Waals surface area contributed by atoms with Gasteiger partial charge in [-0.15, -0.1) is 0 Å². The average molecular weight is 690 g/mol. The molecule has 0 radical (unpaired) electrons. The van der Waals surface area contributed by atoms with Gasteiger partial charge in [0.2, 0.25) is 5.95 Å². The van der Waals surface area contributed by atoms with Crippen LogP contribution in [0.4, 0.5) is 0 Å². The van der Waals surface area contributed by atoms with Crippen LogP contribution in [-0.4, -0.2) is 14.5 Å². The van der Waals surface area contributed by atoms with Gasteiger partial charge >= 0.3 is 0 Å². The van der Waals surface area contributed by atoms with Gasteiger partial charge in [0.15, 0.2) is 0 Å². The fraction of sp³-hybridized carbons (Fsp3) is 0. The minimum atomic E-state index is 0.638. The van der Waals surface area contributed by atoms with E-state index in [2.05, 4.69) is 168 Å². The Morgan fingerprint density at radius 2 is 1.00 bits per heavy atom. The maximum absolute atomic E-state index is 6.28. The Kier molecular flexibility index (Phi) is 6.82. The molecular formula is C50H31N3O. The van der Waals surface area contributed by atoms with E-state index in [1.807, 2.05) is 24.3 Å². The van der Waals surface area contributed by atoms with Crippen LogP contribution in [0.25, 0.3) is 105 Å². The molecule has 0 fully saturated rings. The number of fused-ring (bicyclic) bond motifs is 7. The number of furan rings is 1. The van der Waals surface area contributed by atoms with E-state index in [4.69, 9.17) is 14.4 Å². The first-order valence-corrected chi connectivity index (χ1v) is 18.2. The van der Waals surface area contributed by atoms with Crippen molar-refractivity contribution < 1.29 is 4.42 Å². The highest BCUT2D eigenvalue weighted by Crippen LogP contribution is 2.41. The van der Waals surface area contributed by atoms with E-state index >= 15 is 0 Å². The van der Waals surface area contributed by atoms with Crippen molar-refractivity contribution in [3.05, 3.63) is 188 Å². The molecule has 4 heteroatoms. The van der Waals surface area contributed by atoms with E-state index in [1.54, 1.807) is 0 Å². The number of hydrogen-bond donors (Lipinski definition) is 0. The Hall–Kier alpha value is -7.30. The average Bonchev–Trinajstić information content (AvgIpc) is 3.79. The molecule has 0 saturated heterocycles. The molecular weight excluding hydrogens is 659 g/mol. The van der Waals surface area contributed by atoms with Gasteiger partial charge in [-0.3, -0.25) is 4.57 Å². The molecule has 0 aliphatic carbocycles. The maximum Gasteiger partial charge on any atom is 0.235 e. The summed E-state index contributed by atoms with van der Waals surface area (Å²) in [6.45, 7) is 0. The van der Waals surface area contributed by atoms with Crippen LogP contribution in [0.5, 0.6) is 0 Å². The number of hydrogen-bond acceptors (Lipinski definition) is 3. The van der Waals surface area contributed by atoms with Crippen LogP contribution in [0.2, 0.25) is 0 Å². The van der Waals surface area contributed by atoms with Crippen molar-refractivity contribution in [1.82, 2.24) is 14.5 Å². The van der Waals surface area contributed by atoms with Crippen LogP contribution in [-0.2, 0) is 0 Å². The molecule has 0 unspecified atom stereocenters. The van der Waals surface area contributed by atoms with Crippen molar-refractivity contribution >= 4 is 54.6 Å². The van der Waals surface area contributed by atoms with Crippen LogP contribution in [0, 0.1) is 0 Å². The molecule has 0 atom stereocenters. The Labute approximate surface area is 311 Å². The van der Waals surface area contributed by atoms with Crippen molar-refractivity contribution in [2.24, 2.45) is 0 Å². The Morgan fingerprint density at radius 3 is 1.87 bits per heavy atom. The molecule has 0 aliphatic heterocycles. The SMILES string of the molecule is c1ccc(-c2ccc3c(c2)c2cccc(-c4cccc(-c5ccc6c(c5)oc5ccccc56)c4)c2n3-c2nc(-c3ccccc3)c3ccccc3n2)cc1. The molecule has 54 heavy (non-hydrogen) atoms. The summed E-state index contributed by atoms with van der Waals surface area (Å²) in [5.41, 5.74) is 13.6. The predicted octanol–water partition coefficient (Wildman–Crippen LogP) is 13.3. The molecule has 0 aliphatic rings. The minimum absolute atomic E-state index is 0.638. The third kappa shape index (κ3) is 4.85. The predicted molar refractivity (Wildman–Crippen MR) is 223 cm³/mol. The Morgan fingerprint density at radius 1 is 0.370 bits per heavy atom. The summed E-state index contributed by atoms with van der Waals surface area (Å²) in [5.74, 6) is 0.638. The van der Waals surface area contributed by atoms with Crippen LogP contribution in [0.1, 0.15) is 0 Å². The largest absolute Gasteiger partial charge is 0.456 e. The van der Waals surface area contributed by atoms with Crippen LogP contribution in [0.3, 0.4) is 0 Å². The third-order valence-electron chi connectivity index (χ3n) is 10.6. The highest BCUT2D eigenvalue weighted by Gasteiger charge is 2.21. The van der Waals surface area contributed by atoms with Gasteiger partial charge in [-0.2, -0.15) is 0 Å². The molecule has 8 aromatic carbocycles. The molecule has 3 aromatic heterocycles. The first-order chi connectivity index (χ1) is 26.8. The fourth-order valence-electron chi connectivity index (χ4n) is 8.07. The van der Waals surface area contributed by atoms with E-state index in [-0.39, 0.29) is 0 Å². The van der Waals surface area contributed by atoms with Crippen molar-refractivity contribution in [2.75, 3.05) is 0 Å². The molecule has 0 bridgehead atoms. The molecule has 0 saturated carbocycles. The second kappa shape index (κ2) is 12.1. The Balaban J connectivity index is 1.17. The molecule has 0 amide bonds. The van der Waals surface area contributed by atoms with Crippen molar-refractivity contribution in [3.8, 4) is 50.6 Å². The minimum Gasteiger partial charge on any atom is -0.456 e. The zero-order chi connectivity index (χ0) is 35.6. The number of aromatic nitrogens is 3. The highest BCUT2D eigenvalue weighted by atomic mass is 16.3. The lowest BCUT2D eigenvalue weighted by Gasteiger charge is -2.14. The second-order valence-electron chi connectivity index (χ2n) is 13.8. The van der Waals surface area contributed by atoms with Crippen molar-refractivity contribution in [1.29, 1.82) is 0 Å². The highest BCUT2D eigenvalue weighted by molar-refractivity contribution is 6.15. The lowest BCUT2D eigenvalue weighted by molar-refractivity contribution is 0.669. The summed E-state index contributed by atoms with van der Waals surface area (Å²) in [6.07, 6.45) is 0. The van der Waals surface area contributed by atoms with Crippen molar-refractivity contribution in [3.63, 3.8) is 0 Å². The number of benzene rings is 8. The number of para-hydroxylation sites is 3. The van der Waals surface area contributed by atoms with E-state index in [9.17, 15) is 0 Å². The number of rotatable bonds is 5. The van der Waals surface area contributed by atoms with Crippen molar-refractivity contribution in [2.45, 2.75) is 0 Å². The smallest absolute Gasteiger partial charge is 0.235 e. The zero-order valence-electron chi connectivity index (χ0n) is 29.1. The molecule has 4 nitrogen and oxygen atoms in total. The Bertz CT molecular complexity index is 3210. The van der Waals surface area contributed by atoms with E-state index in [1.165, 1.54) is 11.1 Å². The summed E-state index contributed by atoms with van der Waals surface area (Å²) in [4.78, 5) is 10.7. The van der Waals surface area contributed by atoms with Gasteiger partial charge in [0, 0.05) is 38.1 Å². The van der Waals surface area contributed by atoms with Gasteiger partial charge in [0.25, 0.3) is 0 Å². The second-order valence-corrected chi connectivity index (χ2v) is 13.8. The summed E-state index contributed by atoms with van der Waals surface area (Å²) < 4.78 is 8.55. The normalized spacial score (nSPS) is 11.7. The summed E-state index contributed by atoms with van der Waals surface area (Å²) in [7, 11) is 0. The molecule has 11 aromatic rings. The van der Waals surface area contributed by atoms with E-state index in [0.29, 0.717) is 5.95 Å². The van der Waals surface area contributed by atoms with Gasteiger partial charge in [-0.25, -0.2) is 9.97 Å². The van der Waals surface area contributed by atoms with Crippen LogP contribution in [0.15, 0.2) is 192 Å². The van der Waals surface area contributed by atoms with E-state index in [0.717, 1.165) is 88.2 Å². The third-order valence-corrected chi connectivity index (χ3v) is 10.6. The summed E-state index contributed by atoms with van der Waals surface area (Å²) in [6, 6.07) is 66.2. The topological polar surface area (TPSA) is 43.9 Å². The molecule has 0 N–H and O–H groups in total. The van der Waals surface area contributed by atoms with Gasteiger partial charge in [0.05, 0.1) is 22.2 Å². The van der Waals surface area contributed by atoms with Gasteiger partial charge in [-0.05, 0) is 70.3 Å². The molecule has 0 spiro atoms. The quantitative estimate of drug-likeness (QED) is 0.181. The number of nitrogens with zero attached hydrogens (tertiary/aromatic N) is 3. The maximum atomic E-state index is 6.28. The summed E-state index contributed by atoms with van der Waals surface area (Å²) in [5, 5.41) is 5.58. The van der Waals surface area contributed by atoms with Gasteiger partial charge in [0.1, 0.15) is 11.2 Å². The molecule has 252 valence electrons. The first kappa shape index (κ1) is 30.3. The van der Waals surface area contributed by atoms with E-state index < -0.39 is 0 Å². The monoisotopic (exact) mass is 689 g/mol. The molecule has 3 heterocycles. The van der Waals surface area contributed by atoms with Gasteiger partial charge in [-0.1, -0.05) is 146 Å².